The molecule has 1 heterocycles. The van der Waals surface area contributed by atoms with E-state index >= 15 is 0 Å². The Kier molecular flexibility index (Phi) is 7.07. The lowest BCUT2D eigenvalue weighted by Gasteiger charge is -2.10. The standard InChI is InChI=1S/C28H25N3O4/c1-19-4-5-20(2)31(19)24-12-8-22(9-13-24)27(32)30-29-18-21-6-14-26(15-7-21)35-28(33)23-10-16-25(34-3)17-11-23/h4-18H,1-3H3,(H,30,32)/b29-18-. The highest BCUT2D eigenvalue weighted by molar-refractivity contribution is 5.95. The number of ether oxygens (including phenoxy) is 2. The maximum atomic E-state index is 12.4. The fraction of sp³-hybridized carbons (Fsp3) is 0.107. The van der Waals surface area contributed by atoms with E-state index in [9.17, 15) is 9.59 Å². The third kappa shape index (κ3) is 5.65. The maximum absolute atomic E-state index is 12.4. The van der Waals surface area contributed by atoms with Crippen molar-refractivity contribution in [1.82, 2.24) is 9.99 Å². The molecule has 0 radical (unpaired) electrons. The molecule has 3 aromatic carbocycles. The van der Waals surface area contributed by atoms with E-state index in [1.165, 1.54) is 6.21 Å². The smallest absolute Gasteiger partial charge is 0.343 e. The SMILES string of the molecule is COc1ccc(C(=O)Oc2ccc(/C=N\NC(=O)c3ccc(-n4c(C)ccc4C)cc3)cc2)cc1. The summed E-state index contributed by atoms with van der Waals surface area (Å²) in [6.45, 7) is 4.08. The zero-order valence-electron chi connectivity index (χ0n) is 19.7. The second-order valence-corrected chi connectivity index (χ2v) is 7.88. The molecule has 0 bridgehead atoms. The van der Waals surface area contributed by atoms with E-state index < -0.39 is 5.97 Å². The van der Waals surface area contributed by atoms with Crippen LogP contribution in [-0.2, 0) is 0 Å². The van der Waals surface area contributed by atoms with Gasteiger partial charge in [-0.1, -0.05) is 0 Å². The first kappa shape index (κ1) is 23.5. The van der Waals surface area contributed by atoms with Crippen molar-refractivity contribution in [3.63, 3.8) is 0 Å². The molecule has 1 amide bonds. The summed E-state index contributed by atoms with van der Waals surface area (Å²) < 4.78 is 12.6. The third-order valence-corrected chi connectivity index (χ3v) is 5.45. The van der Waals surface area contributed by atoms with Gasteiger partial charge in [0.05, 0.1) is 18.9 Å². The van der Waals surface area contributed by atoms with Gasteiger partial charge in [-0.3, -0.25) is 4.79 Å². The van der Waals surface area contributed by atoms with Gasteiger partial charge in [-0.05, 0) is 104 Å². The minimum atomic E-state index is -0.463. The van der Waals surface area contributed by atoms with Crippen molar-refractivity contribution in [2.75, 3.05) is 7.11 Å². The van der Waals surface area contributed by atoms with Gasteiger partial charge in [0, 0.05) is 22.6 Å². The molecule has 0 spiro atoms. The van der Waals surface area contributed by atoms with Crippen molar-refractivity contribution in [2.45, 2.75) is 13.8 Å². The van der Waals surface area contributed by atoms with E-state index in [1.54, 1.807) is 67.8 Å². The Balaban J connectivity index is 1.32. The van der Waals surface area contributed by atoms with Gasteiger partial charge in [0.2, 0.25) is 0 Å². The Morgan fingerprint density at radius 2 is 1.34 bits per heavy atom. The van der Waals surface area contributed by atoms with Crippen molar-refractivity contribution in [3.05, 3.63) is 113 Å². The molecular formula is C28H25N3O4. The molecule has 0 aliphatic heterocycles. The molecule has 0 atom stereocenters. The first-order valence-electron chi connectivity index (χ1n) is 11.0. The molecule has 1 N–H and O–H groups in total. The Bertz CT molecular complexity index is 1330. The predicted octanol–water partition coefficient (Wildman–Crippen LogP) is 5.09. The van der Waals surface area contributed by atoms with E-state index in [0.717, 1.165) is 22.6 Å². The summed E-state index contributed by atoms with van der Waals surface area (Å²) in [7, 11) is 1.56. The lowest BCUT2D eigenvalue weighted by atomic mass is 10.2. The second kappa shape index (κ2) is 10.5. The van der Waals surface area contributed by atoms with Gasteiger partial charge >= 0.3 is 5.97 Å². The van der Waals surface area contributed by atoms with Gasteiger partial charge in [0.15, 0.2) is 0 Å². The van der Waals surface area contributed by atoms with Crippen LogP contribution in [0.15, 0.2) is 90.0 Å². The van der Waals surface area contributed by atoms with Crippen molar-refractivity contribution in [3.8, 4) is 17.2 Å². The number of nitrogens with one attached hydrogen (secondary N) is 1. The molecule has 1 aromatic heterocycles. The van der Waals surface area contributed by atoms with Crippen LogP contribution in [0.25, 0.3) is 5.69 Å². The van der Waals surface area contributed by atoms with Crippen LogP contribution in [0.1, 0.15) is 37.7 Å². The first-order chi connectivity index (χ1) is 16.9. The van der Waals surface area contributed by atoms with Gasteiger partial charge in [0.25, 0.3) is 5.91 Å². The molecular weight excluding hydrogens is 442 g/mol. The van der Waals surface area contributed by atoms with Gasteiger partial charge in [0.1, 0.15) is 11.5 Å². The number of methoxy groups -OCH3 is 1. The molecule has 0 fully saturated rings. The van der Waals surface area contributed by atoms with Crippen LogP contribution >= 0.6 is 0 Å². The summed E-state index contributed by atoms with van der Waals surface area (Å²) in [6, 6.07) is 24.9. The summed E-state index contributed by atoms with van der Waals surface area (Å²) in [5, 5.41) is 4.02. The van der Waals surface area contributed by atoms with Crippen molar-refractivity contribution in [1.29, 1.82) is 0 Å². The largest absolute Gasteiger partial charge is 0.497 e. The van der Waals surface area contributed by atoms with Crippen LogP contribution in [0.4, 0.5) is 0 Å². The fourth-order valence-electron chi connectivity index (χ4n) is 3.58. The monoisotopic (exact) mass is 467 g/mol. The van der Waals surface area contributed by atoms with Crippen LogP contribution in [0.5, 0.6) is 11.5 Å². The highest BCUT2D eigenvalue weighted by atomic mass is 16.5. The van der Waals surface area contributed by atoms with Crippen molar-refractivity contribution in [2.24, 2.45) is 5.10 Å². The zero-order valence-corrected chi connectivity index (χ0v) is 19.7. The van der Waals surface area contributed by atoms with Gasteiger partial charge in [-0.15, -0.1) is 0 Å². The molecule has 0 saturated carbocycles. The lowest BCUT2D eigenvalue weighted by molar-refractivity contribution is 0.0734. The number of carbonyl (C=O) groups excluding carboxylic acids is 2. The van der Waals surface area contributed by atoms with Gasteiger partial charge < -0.3 is 14.0 Å². The highest BCUT2D eigenvalue weighted by Gasteiger charge is 2.09. The average molecular weight is 468 g/mol. The van der Waals surface area contributed by atoms with Crippen LogP contribution in [0.3, 0.4) is 0 Å². The number of hydrogen-bond donors (Lipinski definition) is 1. The Hall–Kier alpha value is -4.65. The zero-order chi connectivity index (χ0) is 24.8. The summed E-state index contributed by atoms with van der Waals surface area (Å²) in [5.41, 5.74) is 7.46. The molecule has 4 aromatic rings. The number of aromatic nitrogens is 1. The number of esters is 1. The third-order valence-electron chi connectivity index (χ3n) is 5.45. The summed E-state index contributed by atoms with van der Waals surface area (Å²) >= 11 is 0. The van der Waals surface area contributed by atoms with E-state index in [4.69, 9.17) is 9.47 Å². The fourth-order valence-corrected chi connectivity index (χ4v) is 3.58. The molecule has 0 saturated heterocycles. The summed E-state index contributed by atoms with van der Waals surface area (Å²) in [4.78, 5) is 24.7. The maximum Gasteiger partial charge on any atom is 0.343 e. The normalized spacial score (nSPS) is 10.8. The van der Waals surface area contributed by atoms with Crippen molar-refractivity contribution >= 4 is 18.1 Å². The summed E-state index contributed by atoms with van der Waals surface area (Å²) in [5.74, 6) is 0.296. The minimum Gasteiger partial charge on any atom is -0.497 e. The number of benzene rings is 3. The van der Waals surface area contributed by atoms with Crippen LogP contribution in [0, 0.1) is 13.8 Å². The molecule has 0 aliphatic carbocycles. The Morgan fingerprint density at radius 1 is 0.771 bits per heavy atom. The number of amides is 1. The number of nitrogens with zero attached hydrogens (tertiary/aromatic N) is 2. The number of carbonyl (C=O) groups is 2. The lowest BCUT2D eigenvalue weighted by Crippen LogP contribution is -2.17. The van der Waals surface area contributed by atoms with E-state index in [1.807, 2.05) is 26.0 Å². The quantitative estimate of drug-likeness (QED) is 0.178. The van der Waals surface area contributed by atoms with E-state index in [2.05, 4.69) is 27.2 Å². The van der Waals surface area contributed by atoms with Gasteiger partial charge in [-0.2, -0.15) is 5.10 Å². The predicted molar refractivity (Wildman–Crippen MR) is 135 cm³/mol. The molecule has 176 valence electrons. The van der Waals surface area contributed by atoms with Crippen LogP contribution in [-0.4, -0.2) is 29.8 Å². The summed E-state index contributed by atoms with van der Waals surface area (Å²) in [6.07, 6.45) is 1.52. The molecule has 7 heteroatoms. The molecule has 7 nitrogen and oxygen atoms in total. The number of rotatable bonds is 7. The van der Waals surface area contributed by atoms with Gasteiger partial charge in [-0.25, -0.2) is 10.2 Å². The van der Waals surface area contributed by atoms with Crippen molar-refractivity contribution < 1.29 is 19.1 Å². The number of hydrogen-bond acceptors (Lipinski definition) is 5. The van der Waals surface area contributed by atoms with Crippen LogP contribution < -0.4 is 14.9 Å². The highest BCUT2D eigenvalue weighted by Crippen LogP contribution is 2.18. The first-order valence-corrected chi connectivity index (χ1v) is 11.0. The van der Waals surface area contributed by atoms with Crippen LogP contribution in [0.2, 0.25) is 0 Å². The van der Waals surface area contributed by atoms with E-state index in [0.29, 0.717) is 22.6 Å². The second-order valence-electron chi connectivity index (χ2n) is 7.88. The Morgan fingerprint density at radius 3 is 1.94 bits per heavy atom. The molecule has 0 aliphatic rings. The average Bonchev–Trinajstić information content (AvgIpc) is 3.22. The topological polar surface area (TPSA) is 81.9 Å². The molecule has 0 unspecified atom stereocenters. The molecule has 4 rings (SSSR count). The minimum absolute atomic E-state index is 0.307. The Labute approximate surface area is 203 Å². The number of aryl methyl sites for hydroxylation is 2. The molecule has 35 heavy (non-hydrogen) atoms. The van der Waals surface area contributed by atoms with E-state index in [-0.39, 0.29) is 5.91 Å². The number of hydrazone groups is 1.